The van der Waals surface area contributed by atoms with Crippen molar-refractivity contribution in [3.63, 3.8) is 0 Å². The zero-order valence-electron chi connectivity index (χ0n) is 13.0. The van der Waals surface area contributed by atoms with Gasteiger partial charge in [-0.25, -0.2) is 4.68 Å². The van der Waals surface area contributed by atoms with E-state index in [-0.39, 0.29) is 12.5 Å². The Balaban J connectivity index is 1.61. The maximum atomic E-state index is 12.5. The minimum absolute atomic E-state index is 0.151. The van der Waals surface area contributed by atoms with Gasteiger partial charge in [-0.3, -0.25) is 4.79 Å². The number of benzene rings is 2. The molecule has 1 amide bonds. The maximum Gasteiger partial charge on any atom is 0.416 e. The van der Waals surface area contributed by atoms with Gasteiger partial charge < -0.3 is 5.32 Å². The highest BCUT2D eigenvalue weighted by Gasteiger charge is 2.29. The molecule has 0 aliphatic rings. The van der Waals surface area contributed by atoms with Gasteiger partial charge in [0, 0.05) is 24.5 Å². The highest BCUT2D eigenvalue weighted by Crippen LogP contribution is 2.29. The van der Waals surface area contributed by atoms with Crippen LogP contribution >= 0.6 is 0 Å². The number of aromatic nitrogens is 2. The Hall–Kier alpha value is -3.09. The molecule has 0 fully saturated rings. The first-order chi connectivity index (χ1) is 11.9. The molecule has 0 bridgehead atoms. The van der Waals surface area contributed by atoms with Crippen molar-refractivity contribution < 1.29 is 18.0 Å². The molecule has 0 radical (unpaired) electrons. The van der Waals surface area contributed by atoms with E-state index in [0.717, 1.165) is 17.8 Å². The van der Waals surface area contributed by atoms with Gasteiger partial charge in [-0.1, -0.05) is 12.1 Å². The predicted octanol–water partition coefficient (Wildman–Crippen LogP) is 3.82. The van der Waals surface area contributed by atoms with Crippen molar-refractivity contribution >= 4 is 5.91 Å². The van der Waals surface area contributed by atoms with Crippen molar-refractivity contribution in [1.29, 1.82) is 0 Å². The molecule has 0 spiro atoms. The molecule has 0 aliphatic heterocycles. The summed E-state index contributed by atoms with van der Waals surface area (Å²) in [5.74, 6) is -0.299. The second kappa shape index (κ2) is 6.80. The van der Waals surface area contributed by atoms with E-state index in [9.17, 15) is 18.0 Å². The van der Waals surface area contributed by atoms with E-state index in [1.54, 1.807) is 47.4 Å². The van der Waals surface area contributed by atoms with Crippen LogP contribution in [0.15, 0.2) is 67.0 Å². The van der Waals surface area contributed by atoms with Crippen LogP contribution in [0.4, 0.5) is 13.2 Å². The van der Waals surface area contributed by atoms with Crippen LogP contribution in [-0.4, -0.2) is 15.7 Å². The number of amides is 1. The van der Waals surface area contributed by atoms with Crippen molar-refractivity contribution in [2.24, 2.45) is 0 Å². The fourth-order valence-electron chi connectivity index (χ4n) is 2.28. The standard InChI is InChI=1S/C18H14F3N3O/c19-18(20,21)15-6-2-13(3-7-15)12-22-17(25)14-4-8-16(9-5-14)24-11-1-10-23-24/h1-11H,12H2,(H,22,25). The van der Waals surface area contributed by atoms with Crippen molar-refractivity contribution in [2.45, 2.75) is 12.7 Å². The molecule has 0 unspecified atom stereocenters. The molecule has 1 N–H and O–H groups in total. The molecule has 0 aliphatic carbocycles. The molecule has 0 atom stereocenters. The summed E-state index contributed by atoms with van der Waals surface area (Å²) in [5.41, 5.74) is 1.17. The summed E-state index contributed by atoms with van der Waals surface area (Å²) in [6, 6.07) is 13.4. The quantitative estimate of drug-likeness (QED) is 0.781. The zero-order chi connectivity index (χ0) is 17.9. The van der Waals surface area contributed by atoms with E-state index < -0.39 is 11.7 Å². The summed E-state index contributed by atoms with van der Waals surface area (Å²) < 4.78 is 39.2. The summed E-state index contributed by atoms with van der Waals surface area (Å²) in [7, 11) is 0. The number of carbonyl (C=O) groups excluding carboxylic acids is 1. The molecule has 128 valence electrons. The lowest BCUT2D eigenvalue weighted by Crippen LogP contribution is -2.22. The van der Waals surface area contributed by atoms with Crippen molar-refractivity contribution in [2.75, 3.05) is 0 Å². The van der Waals surface area contributed by atoms with E-state index in [2.05, 4.69) is 10.4 Å². The van der Waals surface area contributed by atoms with Gasteiger partial charge in [-0.2, -0.15) is 18.3 Å². The molecule has 2 aromatic carbocycles. The fourth-order valence-corrected chi connectivity index (χ4v) is 2.28. The summed E-state index contributed by atoms with van der Waals surface area (Å²) in [6.07, 6.45) is -0.914. The molecule has 3 rings (SSSR count). The van der Waals surface area contributed by atoms with E-state index in [1.807, 2.05) is 0 Å². The molecule has 4 nitrogen and oxygen atoms in total. The number of alkyl halides is 3. The van der Waals surface area contributed by atoms with Crippen molar-refractivity contribution in [1.82, 2.24) is 15.1 Å². The topological polar surface area (TPSA) is 46.9 Å². The lowest BCUT2D eigenvalue weighted by molar-refractivity contribution is -0.137. The number of halogens is 3. The van der Waals surface area contributed by atoms with Gasteiger partial charge in [0.05, 0.1) is 11.3 Å². The fraction of sp³-hybridized carbons (Fsp3) is 0.111. The van der Waals surface area contributed by atoms with E-state index in [4.69, 9.17) is 0 Å². The van der Waals surface area contributed by atoms with Crippen LogP contribution in [0, 0.1) is 0 Å². The Kier molecular flexibility index (Phi) is 4.56. The molecule has 7 heteroatoms. The van der Waals surface area contributed by atoms with Crippen LogP contribution < -0.4 is 5.32 Å². The summed E-state index contributed by atoms with van der Waals surface area (Å²) in [5, 5.41) is 6.78. The van der Waals surface area contributed by atoms with Gasteiger partial charge in [0.1, 0.15) is 0 Å². The molecule has 25 heavy (non-hydrogen) atoms. The third-order valence-electron chi connectivity index (χ3n) is 3.63. The highest BCUT2D eigenvalue weighted by molar-refractivity contribution is 5.94. The van der Waals surface area contributed by atoms with Crippen LogP contribution in [0.25, 0.3) is 5.69 Å². The maximum absolute atomic E-state index is 12.5. The Morgan fingerprint density at radius 1 is 1.04 bits per heavy atom. The van der Waals surface area contributed by atoms with Gasteiger partial charge in [-0.05, 0) is 48.0 Å². The number of carbonyl (C=O) groups is 1. The average Bonchev–Trinajstić information content (AvgIpc) is 3.14. The van der Waals surface area contributed by atoms with Crippen LogP contribution in [0.2, 0.25) is 0 Å². The van der Waals surface area contributed by atoms with Gasteiger partial charge >= 0.3 is 6.18 Å². The molecule has 3 aromatic rings. The Bertz CT molecular complexity index is 839. The van der Waals surface area contributed by atoms with Crippen LogP contribution in [0.1, 0.15) is 21.5 Å². The largest absolute Gasteiger partial charge is 0.416 e. The first-order valence-corrected chi connectivity index (χ1v) is 7.48. The van der Waals surface area contributed by atoms with Gasteiger partial charge in [-0.15, -0.1) is 0 Å². The normalized spacial score (nSPS) is 11.3. The molecule has 1 heterocycles. The second-order valence-corrected chi connectivity index (χ2v) is 5.37. The Labute approximate surface area is 141 Å². The van der Waals surface area contributed by atoms with Crippen LogP contribution in [-0.2, 0) is 12.7 Å². The number of hydrogen-bond acceptors (Lipinski definition) is 2. The van der Waals surface area contributed by atoms with Crippen molar-refractivity contribution in [3.8, 4) is 5.69 Å². The summed E-state index contributed by atoms with van der Waals surface area (Å²) in [6.45, 7) is 0.151. The number of hydrogen-bond donors (Lipinski definition) is 1. The molecular weight excluding hydrogens is 331 g/mol. The monoisotopic (exact) mass is 345 g/mol. The first kappa shape index (κ1) is 16.8. The Morgan fingerprint density at radius 3 is 2.28 bits per heavy atom. The molecule has 0 saturated heterocycles. The van der Waals surface area contributed by atoms with Crippen LogP contribution in [0.5, 0.6) is 0 Å². The van der Waals surface area contributed by atoms with Gasteiger partial charge in [0.25, 0.3) is 5.91 Å². The van der Waals surface area contributed by atoms with E-state index >= 15 is 0 Å². The minimum Gasteiger partial charge on any atom is -0.348 e. The van der Waals surface area contributed by atoms with E-state index in [0.29, 0.717) is 11.1 Å². The predicted molar refractivity (Wildman–Crippen MR) is 86.2 cm³/mol. The van der Waals surface area contributed by atoms with Gasteiger partial charge in [0.2, 0.25) is 0 Å². The SMILES string of the molecule is O=C(NCc1ccc(C(F)(F)F)cc1)c1ccc(-n2cccn2)cc1. The highest BCUT2D eigenvalue weighted by atomic mass is 19.4. The van der Waals surface area contributed by atoms with Crippen LogP contribution in [0.3, 0.4) is 0 Å². The average molecular weight is 345 g/mol. The number of rotatable bonds is 4. The minimum atomic E-state index is -4.36. The van der Waals surface area contributed by atoms with E-state index in [1.165, 1.54) is 12.1 Å². The van der Waals surface area contributed by atoms with Crippen molar-refractivity contribution in [3.05, 3.63) is 83.7 Å². The lowest BCUT2D eigenvalue weighted by atomic mass is 10.1. The summed E-state index contributed by atoms with van der Waals surface area (Å²) >= 11 is 0. The molecule has 0 saturated carbocycles. The smallest absolute Gasteiger partial charge is 0.348 e. The first-order valence-electron chi connectivity index (χ1n) is 7.48. The second-order valence-electron chi connectivity index (χ2n) is 5.37. The molecule has 1 aromatic heterocycles. The zero-order valence-corrected chi connectivity index (χ0v) is 13.0. The summed E-state index contributed by atoms with van der Waals surface area (Å²) in [4.78, 5) is 12.1. The molecular formula is C18H14F3N3O. The number of nitrogens with one attached hydrogen (secondary N) is 1. The van der Waals surface area contributed by atoms with Gasteiger partial charge in [0.15, 0.2) is 0 Å². The Morgan fingerprint density at radius 2 is 1.72 bits per heavy atom. The number of nitrogens with zero attached hydrogens (tertiary/aromatic N) is 2. The third-order valence-corrected chi connectivity index (χ3v) is 3.63. The third kappa shape index (κ3) is 4.06. The lowest BCUT2D eigenvalue weighted by Gasteiger charge is -2.09.